The Hall–Kier alpha value is -0.0400. The average molecular weight is 152 g/mol. The lowest BCUT2D eigenvalue weighted by Gasteiger charge is -2.20. The summed E-state index contributed by atoms with van der Waals surface area (Å²) in [6, 6.07) is 1.96. The molecule has 0 spiro atoms. The smallest absolute Gasteiger partial charge is 0.00993 e. The Labute approximate surface area is 69.8 Å². The van der Waals surface area contributed by atoms with Gasteiger partial charge in [-0.05, 0) is 38.6 Å². The zero-order valence-electron chi connectivity index (χ0n) is 7.26. The maximum atomic E-state index is 3.89. The molecule has 1 nitrogen and oxygen atoms in total. The molecule has 63 valence electrons. The monoisotopic (exact) mass is 152 g/mol. The molecular formula is C10H18N. The van der Waals surface area contributed by atoms with Crippen molar-refractivity contribution >= 4 is 0 Å². The molecule has 0 aromatic rings. The molecule has 1 radical (unpaired) electrons. The van der Waals surface area contributed by atoms with Crippen molar-refractivity contribution in [2.24, 2.45) is 0 Å². The van der Waals surface area contributed by atoms with Gasteiger partial charge >= 0.3 is 0 Å². The third kappa shape index (κ3) is 1.96. The molecule has 2 aliphatic rings. The summed E-state index contributed by atoms with van der Waals surface area (Å²) < 4.78 is 0. The molecule has 0 aromatic heterocycles. The minimum atomic E-state index is 0.981. The first-order chi connectivity index (χ1) is 5.42. The highest BCUT2D eigenvalue weighted by Crippen LogP contribution is 2.37. The summed E-state index contributed by atoms with van der Waals surface area (Å²) in [5, 5.41) is 0. The maximum Gasteiger partial charge on any atom is 0.00993 e. The second-order valence-electron chi connectivity index (χ2n) is 3.91. The Morgan fingerprint density at radius 3 is 2.00 bits per heavy atom. The number of hydrogen-bond donors (Lipinski definition) is 0. The van der Waals surface area contributed by atoms with Gasteiger partial charge in [0.25, 0.3) is 0 Å². The Bertz CT molecular complexity index is 113. The fourth-order valence-electron chi connectivity index (χ4n) is 1.77. The summed E-state index contributed by atoms with van der Waals surface area (Å²) in [5.41, 5.74) is 0. The van der Waals surface area contributed by atoms with Gasteiger partial charge in [-0.2, -0.15) is 0 Å². The van der Waals surface area contributed by atoms with Crippen molar-refractivity contribution in [3.63, 3.8) is 0 Å². The van der Waals surface area contributed by atoms with Crippen LogP contribution in [0.4, 0.5) is 0 Å². The topological polar surface area (TPSA) is 3.24 Å². The molecule has 0 heterocycles. The summed E-state index contributed by atoms with van der Waals surface area (Å²) in [6.45, 7) is 5.21. The third-order valence-corrected chi connectivity index (χ3v) is 2.70. The van der Waals surface area contributed by atoms with Crippen molar-refractivity contribution < 1.29 is 0 Å². The Kier molecular flexibility index (Phi) is 2.17. The van der Waals surface area contributed by atoms with Gasteiger partial charge in [0, 0.05) is 12.1 Å². The highest BCUT2D eigenvalue weighted by atomic mass is 15.2. The summed E-state index contributed by atoms with van der Waals surface area (Å²) in [5.74, 6) is 0. The van der Waals surface area contributed by atoms with E-state index in [1.165, 1.54) is 38.6 Å². The van der Waals surface area contributed by atoms with Crippen molar-refractivity contribution in [3.05, 3.63) is 6.92 Å². The van der Waals surface area contributed by atoms with Crippen LogP contribution in [0.2, 0.25) is 0 Å². The normalized spacial score (nSPS) is 24.5. The molecule has 11 heavy (non-hydrogen) atoms. The van der Waals surface area contributed by atoms with E-state index in [-0.39, 0.29) is 0 Å². The summed E-state index contributed by atoms with van der Waals surface area (Å²) in [4.78, 5) is 2.73. The first-order valence-corrected chi connectivity index (χ1v) is 4.97. The van der Waals surface area contributed by atoms with Crippen molar-refractivity contribution in [3.8, 4) is 0 Å². The van der Waals surface area contributed by atoms with Crippen molar-refractivity contribution in [1.29, 1.82) is 0 Å². The predicted octanol–water partition coefficient (Wildman–Crippen LogP) is 2.23. The second-order valence-corrected chi connectivity index (χ2v) is 3.91. The molecule has 2 rings (SSSR count). The van der Waals surface area contributed by atoms with Crippen LogP contribution >= 0.6 is 0 Å². The Morgan fingerprint density at radius 2 is 1.64 bits per heavy atom. The molecule has 0 bridgehead atoms. The largest absolute Gasteiger partial charge is 0.297 e. The number of unbranched alkanes of at least 4 members (excludes halogenated alkanes) is 1. The SMILES string of the molecule is [CH2]CCCN(C1CC1)C1CC1. The van der Waals surface area contributed by atoms with Crippen LogP contribution in [0.15, 0.2) is 0 Å². The molecule has 2 saturated carbocycles. The van der Waals surface area contributed by atoms with Gasteiger partial charge in [-0.15, -0.1) is 0 Å². The lowest BCUT2D eigenvalue weighted by molar-refractivity contribution is 0.250. The van der Waals surface area contributed by atoms with Gasteiger partial charge in [-0.3, -0.25) is 4.90 Å². The molecule has 0 N–H and O–H groups in total. The van der Waals surface area contributed by atoms with Gasteiger partial charge in [0.05, 0.1) is 0 Å². The van der Waals surface area contributed by atoms with E-state index in [0.717, 1.165) is 18.5 Å². The first-order valence-electron chi connectivity index (χ1n) is 4.97. The fourth-order valence-corrected chi connectivity index (χ4v) is 1.77. The van der Waals surface area contributed by atoms with E-state index in [1.807, 2.05) is 0 Å². The number of rotatable bonds is 5. The highest BCUT2D eigenvalue weighted by Gasteiger charge is 2.38. The van der Waals surface area contributed by atoms with E-state index >= 15 is 0 Å². The van der Waals surface area contributed by atoms with Crippen LogP contribution in [0, 0.1) is 6.92 Å². The number of hydrogen-bond acceptors (Lipinski definition) is 1. The molecule has 0 amide bonds. The Morgan fingerprint density at radius 1 is 1.09 bits per heavy atom. The molecule has 0 saturated heterocycles. The van der Waals surface area contributed by atoms with Gasteiger partial charge in [-0.25, -0.2) is 0 Å². The maximum absolute atomic E-state index is 3.89. The van der Waals surface area contributed by atoms with Crippen LogP contribution in [0.25, 0.3) is 0 Å². The van der Waals surface area contributed by atoms with Crippen molar-refractivity contribution in [2.45, 2.75) is 50.6 Å². The lowest BCUT2D eigenvalue weighted by Crippen LogP contribution is -2.29. The second kappa shape index (κ2) is 3.14. The molecule has 2 aliphatic carbocycles. The molecule has 0 aromatic carbocycles. The quantitative estimate of drug-likeness (QED) is 0.584. The molecular weight excluding hydrogens is 134 g/mol. The summed E-state index contributed by atoms with van der Waals surface area (Å²) in [7, 11) is 0. The van der Waals surface area contributed by atoms with E-state index in [2.05, 4.69) is 11.8 Å². The van der Waals surface area contributed by atoms with E-state index in [1.54, 1.807) is 0 Å². The average Bonchev–Trinajstić information content (AvgIpc) is 2.85. The lowest BCUT2D eigenvalue weighted by atomic mass is 10.3. The summed E-state index contributed by atoms with van der Waals surface area (Å²) in [6.07, 6.45) is 8.27. The summed E-state index contributed by atoms with van der Waals surface area (Å²) >= 11 is 0. The van der Waals surface area contributed by atoms with Crippen LogP contribution in [-0.2, 0) is 0 Å². The van der Waals surface area contributed by atoms with Gasteiger partial charge in [-0.1, -0.05) is 13.3 Å². The minimum Gasteiger partial charge on any atom is -0.297 e. The third-order valence-electron chi connectivity index (χ3n) is 2.70. The van der Waals surface area contributed by atoms with Crippen LogP contribution in [0.3, 0.4) is 0 Å². The van der Waals surface area contributed by atoms with Crippen LogP contribution < -0.4 is 0 Å². The van der Waals surface area contributed by atoms with E-state index < -0.39 is 0 Å². The predicted molar refractivity (Wildman–Crippen MR) is 47.3 cm³/mol. The van der Waals surface area contributed by atoms with Crippen LogP contribution in [0.1, 0.15) is 38.5 Å². The van der Waals surface area contributed by atoms with Gasteiger partial charge in [0.1, 0.15) is 0 Å². The number of nitrogens with zero attached hydrogens (tertiary/aromatic N) is 1. The molecule has 0 atom stereocenters. The van der Waals surface area contributed by atoms with Gasteiger partial charge < -0.3 is 0 Å². The first kappa shape index (κ1) is 7.60. The fraction of sp³-hybridized carbons (Fsp3) is 0.900. The highest BCUT2D eigenvalue weighted by molar-refractivity contribution is 4.94. The van der Waals surface area contributed by atoms with Crippen LogP contribution in [0.5, 0.6) is 0 Å². The van der Waals surface area contributed by atoms with Gasteiger partial charge in [0.2, 0.25) is 0 Å². The van der Waals surface area contributed by atoms with Crippen LogP contribution in [-0.4, -0.2) is 23.5 Å². The van der Waals surface area contributed by atoms with Gasteiger partial charge in [0.15, 0.2) is 0 Å². The van der Waals surface area contributed by atoms with E-state index in [4.69, 9.17) is 0 Å². The molecule has 0 unspecified atom stereocenters. The zero-order chi connectivity index (χ0) is 7.68. The van der Waals surface area contributed by atoms with E-state index in [0.29, 0.717) is 0 Å². The Balaban J connectivity index is 1.73. The zero-order valence-corrected chi connectivity index (χ0v) is 7.26. The van der Waals surface area contributed by atoms with Crippen molar-refractivity contribution in [1.82, 2.24) is 4.90 Å². The standard InChI is InChI=1S/C10H18N/c1-2-3-8-11(9-4-5-9)10-6-7-10/h9-10H,1-8H2. The molecule has 1 heteroatoms. The molecule has 0 aliphatic heterocycles. The van der Waals surface area contributed by atoms with Crippen molar-refractivity contribution in [2.75, 3.05) is 6.54 Å². The van der Waals surface area contributed by atoms with E-state index in [9.17, 15) is 0 Å². The minimum absolute atomic E-state index is 0.981. The molecule has 2 fully saturated rings.